The highest BCUT2D eigenvalue weighted by atomic mass is 16.1. The van der Waals surface area contributed by atoms with Crippen LogP contribution in [0.3, 0.4) is 0 Å². The highest BCUT2D eigenvalue weighted by Gasteiger charge is 2.19. The normalized spacial score (nSPS) is 17.2. The number of Topliss-reactive ketones (excluding diaryl/α,β-unsaturated/α-hetero) is 1. The summed E-state index contributed by atoms with van der Waals surface area (Å²) in [6.07, 6.45) is 3.20. The molecule has 3 heteroatoms. The zero-order valence-corrected chi connectivity index (χ0v) is 7.85. The summed E-state index contributed by atoms with van der Waals surface area (Å²) in [5.74, 6) is 0.170. The Morgan fingerprint density at radius 2 is 2.15 bits per heavy atom. The Morgan fingerprint density at radius 3 is 2.92 bits per heavy atom. The maximum atomic E-state index is 11.6. The molecule has 0 spiro atoms. The van der Waals surface area contributed by atoms with Gasteiger partial charge in [0.2, 0.25) is 0 Å². The third-order valence-electron chi connectivity index (χ3n) is 2.69. The molecule has 0 aliphatic heterocycles. The van der Waals surface area contributed by atoms with Gasteiger partial charge in [0.25, 0.3) is 0 Å². The smallest absolute Gasteiger partial charge is 0.181 e. The molecule has 3 nitrogen and oxygen atoms in total. The zero-order chi connectivity index (χ0) is 9.42. The molecule has 0 fully saturated rings. The van der Waals surface area contributed by atoms with Crippen molar-refractivity contribution in [2.24, 2.45) is 0 Å². The molecule has 0 radical (unpaired) electrons. The number of nitrogens with zero attached hydrogens (tertiary/aromatic N) is 1. The predicted octanol–water partition coefficient (Wildman–Crippen LogP) is 2.18. The quantitative estimate of drug-likeness (QED) is 0.658. The third kappa shape index (κ3) is 1.20. The first-order valence-electron chi connectivity index (χ1n) is 4.43. The number of nitrogens with one attached hydrogen (secondary N) is 1. The average Bonchev–Trinajstić information content (AvgIpc) is 2.57. The maximum absolute atomic E-state index is 11.6. The van der Waals surface area contributed by atoms with E-state index >= 15 is 0 Å². The fourth-order valence-corrected chi connectivity index (χ4v) is 1.63. The topological polar surface area (TPSA) is 45.8 Å². The van der Waals surface area contributed by atoms with E-state index in [9.17, 15) is 4.79 Å². The van der Waals surface area contributed by atoms with Crippen molar-refractivity contribution in [2.75, 3.05) is 0 Å². The Bertz CT molecular complexity index is 387. The molecule has 0 amide bonds. The van der Waals surface area contributed by atoms with E-state index in [1.807, 2.05) is 6.92 Å². The fraction of sp³-hybridized carbons (Fsp3) is 0.400. The Labute approximate surface area is 76.8 Å². The van der Waals surface area contributed by atoms with Crippen LogP contribution in [0.4, 0.5) is 0 Å². The first kappa shape index (κ1) is 8.23. The number of hydrogen-bond donors (Lipinski definition) is 1. The molecule has 1 heterocycles. The Balaban J connectivity index is 2.61. The number of hydrogen-bond acceptors (Lipinski definition) is 2. The number of rotatable bonds is 0. The van der Waals surface area contributed by atoms with Gasteiger partial charge in [-0.1, -0.05) is 5.57 Å². The summed E-state index contributed by atoms with van der Waals surface area (Å²) >= 11 is 0. The second kappa shape index (κ2) is 2.83. The van der Waals surface area contributed by atoms with Gasteiger partial charge in [0.1, 0.15) is 5.69 Å². The van der Waals surface area contributed by atoms with Gasteiger partial charge in [-0.05, 0) is 25.8 Å². The van der Waals surface area contributed by atoms with Crippen molar-refractivity contribution in [1.29, 1.82) is 0 Å². The van der Waals surface area contributed by atoms with Gasteiger partial charge in [-0.25, -0.2) is 0 Å². The number of carbonyl (C=O) groups excluding carboxylic acids is 1. The minimum Gasteiger partial charge on any atom is -0.292 e. The minimum absolute atomic E-state index is 0.170. The molecule has 2 rings (SSSR count). The summed E-state index contributed by atoms with van der Waals surface area (Å²) < 4.78 is 0. The SMILES string of the molecule is CC1=C(C)c2cn[nH]c2C(=O)CC1. The van der Waals surface area contributed by atoms with Gasteiger partial charge >= 0.3 is 0 Å². The van der Waals surface area contributed by atoms with E-state index in [2.05, 4.69) is 17.1 Å². The molecular weight excluding hydrogens is 164 g/mol. The first-order chi connectivity index (χ1) is 6.20. The molecule has 13 heavy (non-hydrogen) atoms. The van der Waals surface area contributed by atoms with Crippen LogP contribution in [0.5, 0.6) is 0 Å². The number of H-pyrrole nitrogens is 1. The number of carbonyl (C=O) groups is 1. The van der Waals surface area contributed by atoms with Gasteiger partial charge in [0, 0.05) is 12.0 Å². The summed E-state index contributed by atoms with van der Waals surface area (Å²) in [4.78, 5) is 11.6. The van der Waals surface area contributed by atoms with Crippen LogP contribution in [-0.2, 0) is 0 Å². The lowest BCUT2D eigenvalue weighted by Crippen LogP contribution is -1.99. The number of fused-ring (bicyclic) bond motifs is 1. The molecule has 1 aromatic rings. The van der Waals surface area contributed by atoms with Crippen molar-refractivity contribution < 1.29 is 4.79 Å². The summed E-state index contributed by atoms with van der Waals surface area (Å²) in [6.45, 7) is 4.12. The van der Waals surface area contributed by atoms with E-state index in [4.69, 9.17) is 0 Å². The third-order valence-corrected chi connectivity index (χ3v) is 2.69. The zero-order valence-electron chi connectivity index (χ0n) is 7.85. The van der Waals surface area contributed by atoms with Gasteiger partial charge in [-0.15, -0.1) is 0 Å². The van der Waals surface area contributed by atoms with Crippen LogP contribution in [0.2, 0.25) is 0 Å². The molecule has 0 saturated heterocycles. The molecule has 0 atom stereocenters. The van der Waals surface area contributed by atoms with Gasteiger partial charge in [0.15, 0.2) is 5.78 Å². The Hall–Kier alpha value is -1.38. The van der Waals surface area contributed by atoms with Crippen LogP contribution in [0.15, 0.2) is 11.8 Å². The number of aromatic nitrogens is 2. The summed E-state index contributed by atoms with van der Waals surface area (Å²) in [5, 5.41) is 6.67. The van der Waals surface area contributed by atoms with Crippen molar-refractivity contribution in [3.8, 4) is 0 Å². The van der Waals surface area contributed by atoms with Gasteiger partial charge in [0.05, 0.1) is 6.20 Å². The Morgan fingerprint density at radius 1 is 1.38 bits per heavy atom. The van der Waals surface area contributed by atoms with Crippen LogP contribution in [-0.4, -0.2) is 16.0 Å². The number of aromatic amines is 1. The van der Waals surface area contributed by atoms with Gasteiger partial charge in [-0.3, -0.25) is 9.89 Å². The van der Waals surface area contributed by atoms with E-state index in [1.165, 1.54) is 11.1 Å². The standard InChI is InChI=1S/C10H12N2O/c1-6-3-4-9(13)10-8(7(6)2)5-11-12-10/h5H,3-4H2,1-2H3,(H,11,12). The molecule has 0 unspecified atom stereocenters. The van der Waals surface area contributed by atoms with Crippen LogP contribution in [0.25, 0.3) is 5.57 Å². The highest BCUT2D eigenvalue weighted by molar-refractivity contribution is 6.00. The number of allylic oxidation sites excluding steroid dienone is 2. The molecule has 1 aliphatic carbocycles. The molecule has 1 aliphatic rings. The van der Waals surface area contributed by atoms with E-state index < -0.39 is 0 Å². The largest absolute Gasteiger partial charge is 0.292 e. The molecule has 1 N–H and O–H groups in total. The van der Waals surface area contributed by atoms with E-state index in [0.29, 0.717) is 12.1 Å². The van der Waals surface area contributed by atoms with Crippen LogP contribution < -0.4 is 0 Å². The number of ketones is 1. The van der Waals surface area contributed by atoms with Crippen molar-refractivity contribution in [1.82, 2.24) is 10.2 Å². The first-order valence-corrected chi connectivity index (χ1v) is 4.43. The average molecular weight is 176 g/mol. The predicted molar refractivity (Wildman–Crippen MR) is 50.4 cm³/mol. The van der Waals surface area contributed by atoms with E-state index in [-0.39, 0.29) is 5.78 Å². The van der Waals surface area contributed by atoms with E-state index in [1.54, 1.807) is 6.20 Å². The fourth-order valence-electron chi connectivity index (χ4n) is 1.63. The molecule has 68 valence electrons. The molecular formula is C10H12N2O. The van der Waals surface area contributed by atoms with Crippen molar-refractivity contribution in [3.63, 3.8) is 0 Å². The van der Waals surface area contributed by atoms with Crippen LogP contribution in [0, 0.1) is 0 Å². The molecule has 0 aromatic carbocycles. The monoisotopic (exact) mass is 176 g/mol. The van der Waals surface area contributed by atoms with Crippen molar-refractivity contribution in [3.05, 3.63) is 23.0 Å². The van der Waals surface area contributed by atoms with E-state index in [0.717, 1.165) is 12.0 Å². The minimum atomic E-state index is 0.170. The van der Waals surface area contributed by atoms with Crippen molar-refractivity contribution in [2.45, 2.75) is 26.7 Å². The highest BCUT2D eigenvalue weighted by Crippen LogP contribution is 2.27. The second-order valence-corrected chi connectivity index (χ2v) is 3.49. The summed E-state index contributed by atoms with van der Waals surface area (Å²) in [5.41, 5.74) is 4.12. The van der Waals surface area contributed by atoms with Crippen LogP contribution in [0.1, 0.15) is 42.7 Å². The van der Waals surface area contributed by atoms with Crippen LogP contribution >= 0.6 is 0 Å². The maximum Gasteiger partial charge on any atom is 0.181 e. The second-order valence-electron chi connectivity index (χ2n) is 3.49. The van der Waals surface area contributed by atoms with Gasteiger partial charge in [-0.2, -0.15) is 5.10 Å². The van der Waals surface area contributed by atoms with Gasteiger partial charge < -0.3 is 0 Å². The van der Waals surface area contributed by atoms with Crippen molar-refractivity contribution >= 4 is 11.4 Å². The lowest BCUT2D eigenvalue weighted by atomic mass is 10.0. The Kier molecular flexibility index (Phi) is 1.79. The summed E-state index contributed by atoms with van der Waals surface area (Å²) in [7, 11) is 0. The molecule has 0 saturated carbocycles. The molecule has 0 bridgehead atoms. The lowest BCUT2D eigenvalue weighted by molar-refractivity contribution is 0.0978. The lowest BCUT2D eigenvalue weighted by Gasteiger charge is -2.00. The summed E-state index contributed by atoms with van der Waals surface area (Å²) in [6, 6.07) is 0. The molecule has 1 aromatic heterocycles.